The Labute approximate surface area is 99.8 Å². The van der Waals surface area contributed by atoms with Crippen LogP contribution in [-0.2, 0) is 0 Å². The van der Waals surface area contributed by atoms with Crippen LogP contribution >= 0.6 is 11.8 Å². The summed E-state index contributed by atoms with van der Waals surface area (Å²) in [5.41, 5.74) is 0. The Morgan fingerprint density at radius 2 is 2.00 bits per heavy atom. The van der Waals surface area contributed by atoms with Crippen molar-refractivity contribution in [2.75, 3.05) is 18.1 Å². The number of hydrogen-bond donors (Lipinski definition) is 1. The zero-order valence-corrected chi connectivity index (χ0v) is 11.2. The van der Waals surface area contributed by atoms with E-state index in [-0.39, 0.29) is 0 Å². The van der Waals surface area contributed by atoms with Gasteiger partial charge in [0.05, 0.1) is 0 Å². The van der Waals surface area contributed by atoms with Crippen LogP contribution in [0, 0.1) is 5.92 Å². The molecule has 0 aromatic heterocycles. The largest absolute Gasteiger partial charge is 0.314 e. The summed E-state index contributed by atoms with van der Waals surface area (Å²) in [6.45, 7) is 5.83. The van der Waals surface area contributed by atoms with Crippen LogP contribution in [0.2, 0.25) is 0 Å². The Morgan fingerprint density at radius 3 is 2.67 bits per heavy atom. The SMILES string of the molecule is CCSCCCNC(C)C1CCCCC1. The molecule has 0 aliphatic heterocycles. The first-order valence-corrected chi connectivity index (χ1v) is 7.81. The zero-order chi connectivity index (χ0) is 10.9. The lowest BCUT2D eigenvalue weighted by atomic mass is 9.84. The average molecular weight is 229 g/mol. The monoisotopic (exact) mass is 229 g/mol. The molecule has 1 nitrogen and oxygen atoms in total. The Bertz CT molecular complexity index is 143. The minimum Gasteiger partial charge on any atom is -0.314 e. The first-order valence-electron chi connectivity index (χ1n) is 6.65. The molecule has 1 rings (SSSR count). The maximum absolute atomic E-state index is 3.70. The fourth-order valence-corrected chi connectivity index (χ4v) is 3.09. The summed E-state index contributed by atoms with van der Waals surface area (Å²) in [4.78, 5) is 0. The predicted molar refractivity (Wildman–Crippen MR) is 71.7 cm³/mol. The van der Waals surface area contributed by atoms with Crippen molar-refractivity contribution in [3.63, 3.8) is 0 Å². The van der Waals surface area contributed by atoms with Crippen LogP contribution in [0.3, 0.4) is 0 Å². The minimum absolute atomic E-state index is 0.747. The normalized spacial score (nSPS) is 20.4. The van der Waals surface area contributed by atoms with E-state index in [0.717, 1.165) is 12.0 Å². The van der Waals surface area contributed by atoms with Crippen LogP contribution in [0.15, 0.2) is 0 Å². The van der Waals surface area contributed by atoms with Crippen molar-refractivity contribution in [2.45, 2.75) is 58.4 Å². The van der Waals surface area contributed by atoms with E-state index in [1.165, 1.54) is 56.6 Å². The molecule has 0 bridgehead atoms. The molecule has 0 amide bonds. The molecule has 0 aromatic carbocycles. The standard InChI is InChI=1S/C13H27NS/c1-3-15-11-7-10-14-12(2)13-8-5-4-6-9-13/h12-14H,3-11H2,1-2H3. The fourth-order valence-electron chi connectivity index (χ4n) is 2.45. The van der Waals surface area contributed by atoms with Crippen LogP contribution in [0.1, 0.15) is 52.4 Å². The summed E-state index contributed by atoms with van der Waals surface area (Å²) in [6.07, 6.45) is 8.63. The van der Waals surface area contributed by atoms with Gasteiger partial charge in [-0.15, -0.1) is 0 Å². The first-order chi connectivity index (χ1) is 7.34. The topological polar surface area (TPSA) is 12.0 Å². The van der Waals surface area contributed by atoms with Crippen LogP contribution in [0.5, 0.6) is 0 Å². The van der Waals surface area contributed by atoms with Gasteiger partial charge in [0.25, 0.3) is 0 Å². The van der Waals surface area contributed by atoms with Crippen molar-refractivity contribution in [1.29, 1.82) is 0 Å². The van der Waals surface area contributed by atoms with Crippen LogP contribution in [-0.4, -0.2) is 24.1 Å². The molecule has 1 fully saturated rings. The van der Waals surface area contributed by atoms with Crippen LogP contribution in [0.25, 0.3) is 0 Å². The van der Waals surface area contributed by atoms with E-state index < -0.39 is 0 Å². The predicted octanol–water partition coefficient (Wildman–Crippen LogP) is 3.69. The minimum atomic E-state index is 0.747. The van der Waals surface area contributed by atoms with E-state index >= 15 is 0 Å². The molecular weight excluding hydrogens is 202 g/mol. The molecule has 1 atom stereocenters. The summed E-state index contributed by atoms with van der Waals surface area (Å²) >= 11 is 2.06. The van der Waals surface area contributed by atoms with E-state index in [1.54, 1.807) is 0 Å². The first kappa shape index (κ1) is 13.4. The molecule has 0 spiro atoms. The highest BCUT2D eigenvalue weighted by atomic mass is 32.2. The lowest BCUT2D eigenvalue weighted by Gasteiger charge is -2.28. The third kappa shape index (κ3) is 5.82. The molecule has 1 aliphatic carbocycles. The van der Waals surface area contributed by atoms with Gasteiger partial charge in [0, 0.05) is 6.04 Å². The molecule has 90 valence electrons. The fraction of sp³-hybridized carbons (Fsp3) is 1.00. The van der Waals surface area contributed by atoms with Gasteiger partial charge in [-0.25, -0.2) is 0 Å². The molecule has 0 radical (unpaired) electrons. The molecule has 2 heteroatoms. The highest BCUT2D eigenvalue weighted by Gasteiger charge is 2.18. The molecule has 1 N–H and O–H groups in total. The number of nitrogens with one attached hydrogen (secondary N) is 1. The molecule has 1 unspecified atom stereocenters. The molecule has 1 saturated carbocycles. The van der Waals surface area contributed by atoms with Gasteiger partial charge in [0.15, 0.2) is 0 Å². The zero-order valence-electron chi connectivity index (χ0n) is 10.4. The highest BCUT2D eigenvalue weighted by molar-refractivity contribution is 7.99. The van der Waals surface area contributed by atoms with E-state index in [2.05, 4.69) is 30.9 Å². The summed E-state index contributed by atoms with van der Waals surface area (Å²) < 4.78 is 0. The van der Waals surface area contributed by atoms with Crippen molar-refractivity contribution < 1.29 is 0 Å². The molecule has 1 aliphatic rings. The Kier molecular flexibility index (Phi) is 7.54. The van der Waals surface area contributed by atoms with Gasteiger partial charge in [0.1, 0.15) is 0 Å². The Balaban J connectivity index is 1.99. The van der Waals surface area contributed by atoms with Gasteiger partial charge >= 0.3 is 0 Å². The van der Waals surface area contributed by atoms with Gasteiger partial charge in [-0.2, -0.15) is 11.8 Å². The van der Waals surface area contributed by atoms with Gasteiger partial charge in [-0.3, -0.25) is 0 Å². The van der Waals surface area contributed by atoms with Crippen molar-refractivity contribution >= 4 is 11.8 Å². The highest BCUT2D eigenvalue weighted by Crippen LogP contribution is 2.26. The van der Waals surface area contributed by atoms with Crippen molar-refractivity contribution in [1.82, 2.24) is 5.32 Å². The Hall–Kier alpha value is 0.310. The number of hydrogen-bond acceptors (Lipinski definition) is 2. The van der Waals surface area contributed by atoms with Gasteiger partial charge in [-0.1, -0.05) is 26.2 Å². The second-order valence-corrected chi connectivity index (χ2v) is 6.09. The van der Waals surface area contributed by atoms with Crippen LogP contribution < -0.4 is 5.32 Å². The van der Waals surface area contributed by atoms with Gasteiger partial charge in [0.2, 0.25) is 0 Å². The van der Waals surface area contributed by atoms with E-state index in [4.69, 9.17) is 0 Å². The lowest BCUT2D eigenvalue weighted by Crippen LogP contribution is -2.35. The van der Waals surface area contributed by atoms with Gasteiger partial charge in [-0.05, 0) is 50.2 Å². The maximum Gasteiger partial charge on any atom is 0.00670 e. The quantitative estimate of drug-likeness (QED) is 0.668. The van der Waals surface area contributed by atoms with E-state index in [9.17, 15) is 0 Å². The Morgan fingerprint density at radius 1 is 1.27 bits per heavy atom. The third-order valence-electron chi connectivity index (χ3n) is 3.49. The number of thioether (sulfide) groups is 1. The van der Waals surface area contributed by atoms with Crippen molar-refractivity contribution in [3.8, 4) is 0 Å². The van der Waals surface area contributed by atoms with Gasteiger partial charge < -0.3 is 5.32 Å². The van der Waals surface area contributed by atoms with E-state index in [0.29, 0.717) is 0 Å². The van der Waals surface area contributed by atoms with Crippen molar-refractivity contribution in [3.05, 3.63) is 0 Å². The summed E-state index contributed by atoms with van der Waals surface area (Å²) in [5.74, 6) is 3.54. The molecular formula is C13H27NS. The summed E-state index contributed by atoms with van der Waals surface area (Å²) in [5, 5.41) is 3.70. The summed E-state index contributed by atoms with van der Waals surface area (Å²) in [6, 6.07) is 0.747. The van der Waals surface area contributed by atoms with Crippen LogP contribution in [0.4, 0.5) is 0 Å². The number of rotatable bonds is 7. The lowest BCUT2D eigenvalue weighted by molar-refractivity contribution is 0.282. The maximum atomic E-state index is 3.70. The molecule has 0 heterocycles. The second kappa shape index (κ2) is 8.46. The molecule has 0 aromatic rings. The molecule has 15 heavy (non-hydrogen) atoms. The molecule has 0 saturated heterocycles. The average Bonchev–Trinajstić information content (AvgIpc) is 2.30. The summed E-state index contributed by atoms with van der Waals surface area (Å²) in [7, 11) is 0. The smallest absolute Gasteiger partial charge is 0.00670 e. The third-order valence-corrected chi connectivity index (χ3v) is 4.48. The second-order valence-electron chi connectivity index (χ2n) is 4.69. The van der Waals surface area contributed by atoms with E-state index in [1.807, 2.05) is 0 Å². The van der Waals surface area contributed by atoms with Crippen molar-refractivity contribution in [2.24, 2.45) is 5.92 Å².